The summed E-state index contributed by atoms with van der Waals surface area (Å²) in [5.41, 5.74) is 2.38. The number of fused-ring (bicyclic) bond motifs is 1. The van der Waals surface area contributed by atoms with Crippen LogP contribution in [0.1, 0.15) is 30.3 Å². The van der Waals surface area contributed by atoms with Crippen molar-refractivity contribution in [1.29, 1.82) is 0 Å². The Morgan fingerprint density at radius 3 is 2.76 bits per heavy atom. The third-order valence-electron chi connectivity index (χ3n) is 4.61. The minimum absolute atomic E-state index is 0.167. The van der Waals surface area contributed by atoms with Gasteiger partial charge in [0.15, 0.2) is 11.5 Å². The molecule has 0 bridgehead atoms. The zero-order valence-electron chi connectivity index (χ0n) is 16.5. The molecular weight excluding hydrogens is 394 g/mol. The maximum atomic E-state index is 12.6. The zero-order valence-corrected chi connectivity index (χ0v) is 17.3. The lowest BCUT2D eigenvalue weighted by atomic mass is 10.2. The molecule has 1 N–H and O–H groups in total. The number of benzene rings is 1. The van der Waals surface area contributed by atoms with Crippen LogP contribution in [0.25, 0.3) is 0 Å². The molecule has 0 aliphatic carbocycles. The minimum atomic E-state index is -0.489. The Morgan fingerprint density at radius 2 is 2.03 bits per heavy atom. The van der Waals surface area contributed by atoms with Gasteiger partial charge in [0, 0.05) is 7.05 Å². The van der Waals surface area contributed by atoms with E-state index in [1.165, 1.54) is 11.8 Å². The van der Waals surface area contributed by atoms with Crippen LogP contribution in [-0.2, 0) is 11.8 Å². The van der Waals surface area contributed by atoms with Crippen LogP contribution in [0.5, 0.6) is 11.5 Å². The number of aromatic nitrogens is 4. The second-order valence-corrected chi connectivity index (χ2v) is 7.98. The van der Waals surface area contributed by atoms with Gasteiger partial charge in [0.2, 0.25) is 12.0 Å². The number of anilines is 1. The number of amides is 1. The third-order valence-corrected chi connectivity index (χ3v) is 5.54. The molecule has 1 aliphatic rings. The molecule has 2 aromatic heterocycles. The van der Waals surface area contributed by atoms with Crippen molar-refractivity contribution in [1.82, 2.24) is 20.0 Å². The third kappa shape index (κ3) is 3.93. The number of aryl methyl sites for hydroxylation is 2. The van der Waals surface area contributed by atoms with E-state index in [0.29, 0.717) is 22.6 Å². The quantitative estimate of drug-likeness (QED) is 0.634. The highest BCUT2D eigenvalue weighted by Gasteiger charge is 2.28. The number of hydrogen-bond acceptors (Lipinski definition) is 8. The van der Waals surface area contributed by atoms with Gasteiger partial charge >= 0.3 is 0 Å². The fraction of sp³-hybridized carbons (Fsp3) is 0.368. The second-order valence-electron chi connectivity index (χ2n) is 6.69. The molecule has 0 saturated heterocycles. The van der Waals surface area contributed by atoms with Gasteiger partial charge in [-0.15, -0.1) is 10.2 Å². The van der Waals surface area contributed by atoms with Crippen molar-refractivity contribution in [2.45, 2.75) is 37.3 Å². The summed E-state index contributed by atoms with van der Waals surface area (Å²) in [6.45, 7) is 5.82. The molecule has 0 unspecified atom stereocenters. The molecule has 0 saturated carbocycles. The van der Waals surface area contributed by atoms with Gasteiger partial charge in [-0.25, -0.2) is 0 Å². The molecule has 3 aromatic rings. The Hall–Kier alpha value is -3.01. The smallest absolute Gasteiger partial charge is 0.277 e. The van der Waals surface area contributed by atoms with Crippen molar-refractivity contribution in [3.8, 4) is 11.5 Å². The molecular formula is C19H21N5O4S. The van der Waals surface area contributed by atoms with Crippen LogP contribution in [0.2, 0.25) is 0 Å². The molecule has 10 heteroatoms. The van der Waals surface area contributed by atoms with E-state index in [-0.39, 0.29) is 12.5 Å². The summed E-state index contributed by atoms with van der Waals surface area (Å²) >= 11 is 1.18. The number of rotatable bonds is 5. The molecule has 29 heavy (non-hydrogen) atoms. The van der Waals surface area contributed by atoms with E-state index in [1.54, 1.807) is 11.6 Å². The van der Waals surface area contributed by atoms with E-state index in [0.717, 1.165) is 17.1 Å². The molecule has 2 atom stereocenters. The zero-order chi connectivity index (χ0) is 20.5. The van der Waals surface area contributed by atoms with Gasteiger partial charge in [-0.05, 0) is 32.9 Å². The molecule has 9 nitrogen and oxygen atoms in total. The number of carbonyl (C=O) groups is 1. The summed E-state index contributed by atoms with van der Waals surface area (Å²) in [6.07, 6.45) is -0.489. The van der Waals surface area contributed by atoms with Gasteiger partial charge in [0.05, 0.1) is 22.3 Å². The van der Waals surface area contributed by atoms with Gasteiger partial charge < -0.3 is 19.2 Å². The first-order chi connectivity index (χ1) is 13.9. The van der Waals surface area contributed by atoms with Gasteiger partial charge in [-0.3, -0.25) is 9.48 Å². The highest BCUT2D eigenvalue weighted by atomic mass is 32.2. The van der Waals surface area contributed by atoms with Gasteiger partial charge in [0.25, 0.3) is 11.1 Å². The van der Waals surface area contributed by atoms with Crippen LogP contribution in [0.3, 0.4) is 0 Å². The Morgan fingerprint density at radius 1 is 1.28 bits per heavy atom. The van der Waals surface area contributed by atoms with Crippen molar-refractivity contribution in [2.24, 2.45) is 7.05 Å². The van der Waals surface area contributed by atoms with Gasteiger partial charge in [0.1, 0.15) is 6.61 Å². The topological polar surface area (TPSA) is 104 Å². The molecule has 0 spiro atoms. The molecule has 1 aromatic carbocycles. The van der Waals surface area contributed by atoms with Gasteiger partial charge in [-0.1, -0.05) is 23.9 Å². The molecule has 3 heterocycles. The average Bonchev–Trinajstić information content (AvgIpc) is 3.27. The molecule has 152 valence electrons. The number of ether oxygens (including phenoxy) is 2. The van der Waals surface area contributed by atoms with E-state index < -0.39 is 11.4 Å². The Kier molecular flexibility index (Phi) is 5.18. The molecule has 1 aliphatic heterocycles. The summed E-state index contributed by atoms with van der Waals surface area (Å²) < 4.78 is 19.0. The lowest BCUT2D eigenvalue weighted by molar-refractivity contribution is -0.115. The number of thioether (sulfide) groups is 1. The first-order valence-corrected chi connectivity index (χ1v) is 10.00. The predicted octanol–water partition coefficient (Wildman–Crippen LogP) is 3.05. The predicted molar refractivity (Wildman–Crippen MR) is 106 cm³/mol. The first-order valence-electron chi connectivity index (χ1n) is 9.12. The van der Waals surface area contributed by atoms with E-state index in [1.807, 2.05) is 45.2 Å². The molecule has 0 fully saturated rings. The second kappa shape index (κ2) is 7.78. The fourth-order valence-electron chi connectivity index (χ4n) is 2.92. The van der Waals surface area contributed by atoms with E-state index >= 15 is 0 Å². The van der Waals surface area contributed by atoms with E-state index in [4.69, 9.17) is 13.9 Å². The van der Waals surface area contributed by atoms with Crippen LogP contribution >= 0.6 is 11.8 Å². The monoisotopic (exact) mass is 415 g/mol. The Bertz CT molecular complexity index is 1050. The largest absolute Gasteiger partial charge is 0.485 e. The van der Waals surface area contributed by atoms with E-state index in [2.05, 4.69) is 20.6 Å². The number of nitrogens with one attached hydrogen (secondary N) is 1. The van der Waals surface area contributed by atoms with Crippen molar-refractivity contribution in [2.75, 3.05) is 11.9 Å². The summed E-state index contributed by atoms with van der Waals surface area (Å²) in [5.74, 6) is 1.46. The number of nitrogens with zero attached hydrogens (tertiary/aromatic N) is 4. The van der Waals surface area contributed by atoms with Crippen molar-refractivity contribution >= 4 is 23.4 Å². The summed E-state index contributed by atoms with van der Waals surface area (Å²) in [5, 5.41) is 15.2. The molecule has 1 amide bonds. The van der Waals surface area contributed by atoms with Crippen LogP contribution in [0.4, 0.5) is 5.69 Å². The van der Waals surface area contributed by atoms with Gasteiger partial charge in [-0.2, -0.15) is 5.10 Å². The van der Waals surface area contributed by atoms with Crippen molar-refractivity contribution < 1.29 is 18.7 Å². The number of carbonyl (C=O) groups excluding carboxylic acids is 1. The van der Waals surface area contributed by atoms with E-state index in [9.17, 15) is 4.79 Å². The first kappa shape index (κ1) is 19.3. The SMILES string of the molecule is Cc1nn(C)c(C)c1NC(=O)[C@H](C)Sc1nnc([C@@H]2COc3ccccc3O2)o1. The molecule has 4 rings (SSSR count). The average molecular weight is 415 g/mol. The highest BCUT2D eigenvalue weighted by Crippen LogP contribution is 2.36. The molecule has 0 radical (unpaired) electrons. The lowest BCUT2D eigenvalue weighted by Crippen LogP contribution is -2.23. The van der Waals surface area contributed by atoms with Crippen LogP contribution < -0.4 is 14.8 Å². The maximum Gasteiger partial charge on any atom is 0.277 e. The minimum Gasteiger partial charge on any atom is -0.485 e. The highest BCUT2D eigenvalue weighted by molar-refractivity contribution is 8.00. The van der Waals surface area contributed by atoms with Crippen LogP contribution in [0, 0.1) is 13.8 Å². The van der Waals surface area contributed by atoms with Crippen LogP contribution in [-0.4, -0.2) is 37.7 Å². The summed E-state index contributed by atoms with van der Waals surface area (Å²) in [7, 11) is 1.84. The number of hydrogen-bond donors (Lipinski definition) is 1. The normalized spacial score (nSPS) is 16.5. The fourth-order valence-corrected chi connectivity index (χ4v) is 3.61. The Balaban J connectivity index is 1.39. The number of para-hydroxylation sites is 2. The van der Waals surface area contributed by atoms with Crippen molar-refractivity contribution in [3.05, 3.63) is 41.5 Å². The maximum absolute atomic E-state index is 12.6. The standard InChI is InChI=1S/C19H21N5O4S/c1-10-16(11(2)24(4)23-10)20-17(25)12(3)29-19-22-21-18(28-19)15-9-26-13-7-5-6-8-14(13)27-15/h5-8,12,15H,9H2,1-4H3,(H,20,25)/t12-,15-/m0/s1. The summed E-state index contributed by atoms with van der Waals surface area (Å²) in [4.78, 5) is 12.6. The van der Waals surface area contributed by atoms with Crippen molar-refractivity contribution in [3.63, 3.8) is 0 Å². The summed E-state index contributed by atoms with van der Waals surface area (Å²) in [6, 6.07) is 7.41. The Labute approximate surface area is 171 Å². The van der Waals surface area contributed by atoms with Crippen LogP contribution in [0.15, 0.2) is 33.9 Å². The lowest BCUT2D eigenvalue weighted by Gasteiger charge is -2.23.